The van der Waals surface area contributed by atoms with Gasteiger partial charge in [-0.1, -0.05) is 12.1 Å². The third kappa shape index (κ3) is 2.30. The first kappa shape index (κ1) is 13.5. The number of hydrogen-bond acceptors (Lipinski definition) is 2. The number of ether oxygens (including phenoxy) is 1. The Morgan fingerprint density at radius 1 is 1.30 bits per heavy atom. The molecule has 1 aromatic carbocycles. The van der Waals surface area contributed by atoms with E-state index in [0.717, 1.165) is 18.4 Å². The molecule has 5 heteroatoms. The first-order valence-electron chi connectivity index (χ1n) is 6.72. The molecule has 2 nitrogen and oxygen atoms in total. The van der Waals surface area contributed by atoms with Gasteiger partial charge in [0.2, 0.25) is 0 Å². The minimum Gasteiger partial charge on any atom is -0.434 e. The SMILES string of the molecule is CN1C2C=C(c3c(F)cccc3OC(F)F)CC1CC2. The molecule has 0 aliphatic carbocycles. The minimum absolute atomic E-state index is 0.0739. The Balaban J connectivity index is 2.00. The summed E-state index contributed by atoms with van der Waals surface area (Å²) in [7, 11) is 2.05. The Kier molecular flexibility index (Phi) is 3.46. The molecular formula is C15H16F3NO. The third-order valence-corrected chi connectivity index (χ3v) is 4.26. The van der Waals surface area contributed by atoms with Gasteiger partial charge in [0.05, 0.1) is 5.56 Å². The number of nitrogens with zero attached hydrogens (tertiary/aromatic N) is 1. The van der Waals surface area contributed by atoms with Crippen molar-refractivity contribution in [3.8, 4) is 5.75 Å². The van der Waals surface area contributed by atoms with E-state index in [-0.39, 0.29) is 17.4 Å². The summed E-state index contributed by atoms with van der Waals surface area (Å²) < 4.78 is 43.5. The topological polar surface area (TPSA) is 12.5 Å². The van der Waals surface area contributed by atoms with Gasteiger partial charge >= 0.3 is 6.61 Å². The normalized spacial score (nSPS) is 25.9. The summed E-state index contributed by atoms with van der Waals surface area (Å²) in [6.45, 7) is -2.95. The van der Waals surface area contributed by atoms with Gasteiger partial charge in [0.15, 0.2) is 0 Å². The summed E-state index contributed by atoms with van der Waals surface area (Å²) in [5.74, 6) is -0.575. The van der Waals surface area contributed by atoms with Gasteiger partial charge in [0.1, 0.15) is 11.6 Å². The fourth-order valence-electron chi connectivity index (χ4n) is 3.24. The van der Waals surface area contributed by atoms with Crippen LogP contribution in [0.15, 0.2) is 24.3 Å². The van der Waals surface area contributed by atoms with Crippen LogP contribution < -0.4 is 4.74 Å². The maximum atomic E-state index is 14.1. The van der Waals surface area contributed by atoms with Crippen molar-refractivity contribution in [2.45, 2.75) is 38.0 Å². The van der Waals surface area contributed by atoms with Crippen molar-refractivity contribution in [1.82, 2.24) is 4.90 Å². The van der Waals surface area contributed by atoms with Gasteiger partial charge in [-0.15, -0.1) is 0 Å². The zero-order valence-electron chi connectivity index (χ0n) is 11.2. The van der Waals surface area contributed by atoms with Gasteiger partial charge in [0, 0.05) is 12.1 Å². The standard InChI is InChI=1S/C15H16F3NO/c1-19-10-5-6-11(19)8-9(7-10)14-12(16)3-2-4-13(14)20-15(17)18/h2-4,7,10-11,15H,5-6,8H2,1H3. The lowest BCUT2D eigenvalue weighted by molar-refractivity contribution is -0.0502. The minimum atomic E-state index is -2.95. The largest absolute Gasteiger partial charge is 0.434 e. The molecule has 0 amide bonds. The lowest BCUT2D eigenvalue weighted by atomic mass is 9.94. The highest BCUT2D eigenvalue weighted by Gasteiger charge is 2.35. The lowest BCUT2D eigenvalue weighted by Gasteiger charge is -2.31. The molecule has 1 fully saturated rings. The second-order valence-corrected chi connectivity index (χ2v) is 5.35. The maximum absolute atomic E-state index is 14.1. The smallest absolute Gasteiger partial charge is 0.387 e. The van der Waals surface area contributed by atoms with E-state index in [0.29, 0.717) is 12.5 Å². The third-order valence-electron chi connectivity index (χ3n) is 4.26. The van der Waals surface area contributed by atoms with E-state index < -0.39 is 12.4 Å². The molecule has 2 aliphatic heterocycles. The highest BCUT2D eigenvalue weighted by atomic mass is 19.3. The van der Waals surface area contributed by atoms with E-state index >= 15 is 0 Å². The fourth-order valence-corrected chi connectivity index (χ4v) is 3.24. The van der Waals surface area contributed by atoms with Crippen LogP contribution in [0.4, 0.5) is 13.2 Å². The van der Waals surface area contributed by atoms with E-state index in [1.165, 1.54) is 18.2 Å². The average Bonchev–Trinajstić information content (AvgIpc) is 2.61. The Labute approximate surface area is 115 Å². The summed E-state index contributed by atoms with van der Waals surface area (Å²) in [5, 5.41) is 0. The van der Waals surface area contributed by atoms with Crippen LogP contribution in [-0.4, -0.2) is 30.6 Å². The molecule has 1 saturated heterocycles. The molecule has 2 heterocycles. The molecule has 20 heavy (non-hydrogen) atoms. The van der Waals surface area contributed by atoms with E-state index in [4.69, 9.17) is 0 Å². The van der Waals surface area contributed by atoms with E-state index in [9.17, 15) is 13.2 Å². The fraction of sp³-hybridized carbons (Fsp3) is 0.467. The van der Waals surface area contributed by atoms with Crippen molar-refractivity contribution in [2.24, 2.45) is 0 Å². The summed E-state index contributed by atoms with van der Waals surface area (Å²) >= 11 is 0. The molecule has 0 spiro atoms. The summed E-state index contributed by atoms with van der Waals surface area (Å²) in [4.78, 5) is 2.26. The highest BCUT2D eigenvalue weighted by Crippen LogP contribution is 2.41. The zero-order chi connectivity index (χ0) is 14.3. The molecule has 0 saturated carbocycles. The predicted octanol–water partition coefficient (Wildman–Crippen LogP) is 3.68. The van der Waals surface area contributed by atoms with Crippen LogP contribution in [0.1, 0.15) is 24.8 Å². The quantitative estimate of drug-likeness (QED) is 0.839. The van der Waals surface area contributed by atoms with Crippen LogP contribution in [0.2, 0.25) is 0 Å². The molecule has 2 bridgehead atoms. The highest BCUT2D eigenvalue weighted by molar-refractivity contribution is 5.73. The molecule has 2 atom stereocenters. The van der Waals surface area contributed by atoms with Gasteiger partial charge in [-0.05, 0) is 44.0 Å². The van der Waals surface area contributed by atoms with Crippen LogP contribution in [-0.2, 0) is 0 Å². The van der Waals surface area contributed by atoms with Crippen LogP contribution in [0.25, 0.3) is 5.57 Å². The second kappa shape index (κ2) is 5.13. The Morgan fingerprint density at radius 3 is 2.80 bits per heavy atom. The molecule has 2 aliphatic rings. The van der Waals surface area contributed by atoms with Crippen molar-refractivity contribution >= 4 is 5.57 Å². The number of halogens is 3. The van der Waals surface area contributed by atoms with Gasteiger partial charge < -0.3 is 4.74 Å². The second-order valence-electron chi connectivity index (χ2n) is 5.35. The number of hydrogen-bond donors (Lipinski definition) is 0. The zero-order valence-corrected chi connectivity index (χ0v) is 11.2. The maximum Gasteiger partial charge on any atom is 0.387 e. The van der Waals surface area contributed by atoms with Crippen LogP contribution in [0.5, 0.6) is 5.75 Å². The molecule has 3 rings (SSSR count). The summed E-state index contributed by atoms with van der Waals surface area (Å²) in [6, 6.07) is 4.70. The van der Waals surface area contributed by atoms with Crippen LogP contribution >= 0.6 is 0 Å². The predicted molar refractivity (Wildman–Crippen MR) is 70.2 cm³/mol. The van der Waals surface area contributed by atoms with Gasteiger partial charge in [0.25, 0.3) is 0 Å². The molecule has 108 valence electrons. The van der Waals surface area contributed by atoms with Gasteiger partial charge in [-0.25, -0.2) is 4.39 Å². The van der Waals surface area contributed by atoms with Crippen molar-refractivity contribution in [3.63, 3.8) is 0 Å². The number of fused-ring (bicyclic) bond motifs is 2. The Morgan fingerprint density at radius 2 is 2.10 bits per heavy atom. The van der Waals surface area contributed by atoms with Crippen LogP contribution in [0.3, 0.4) is 0 Å². The molecule has 1 aromatic rings. The molecule has 0 N–H and O–H groups in total. The van der Waals surface area contributed by atoms with E-state index in [2.05, 4.69) is 9.64 Å². The molecule has 0 aromatic heterocycles. The number of rotatable bonds is 3. The molecule has 0 radical (unpaired) electrons. The van der Waals surface area contributed by atoms with Gasteiger partial charge in [-0.3, -0.25) is 4.90 Å². The Bertz CT molecular complexity index is 544. The number of likely N-dealkylation sites (N-methyl/N-ethyl adjacent to an activating group) is 1. The lowest BCUT2D eigenvalue weighted by Crippen LogP contribution is -2.34. The van der Waals surface area contributed by atoms with Gasteiger partial charge in [-0.2, -0.15) is 8.78 Å². The molecular weight excluding hydrogens is 267 g/mol. The summed E-state index contributed by atoms with van der Waals surface area (Å²) in [5.41, 5.74) is 0.974. The van der Waals surface area contributed by atoms with Crippen molar-refractivity contribution in [3.05, 3.63) is 35.7 Å². The van der Waals surface area contributed by atoms with E-state index in [1.807, 2.05) is 13.1 Å². The monoisotopic (exact) mass is 283 g/mol. The molecule has 2 unspecified atom stereocenters. The average molecular weight is 283 g/mol. The first-order valence-corrected chi connectivity index (χ1v) is 6.72. The van der Waals surface area contributed by atoms with Crippen molar-refractivity contribution < 1.29 is 17.9 Å². The van der Waals surface area contributed by atoms with Crippen LogP contribution in [0, 0.1) is 5.82 Å². The Hall–Kier alpha value is -1.49. The van der Waals surface area contributed by atoms with Crippen molar-refractivity contribution in [1.29, 1.82) is 0 Å². The first-order chi connectivity index (χ1) is 9.56. The number of alkyl halides is 2. The number of benzene rings is 1. The van der Waals surface area contributed by atoms with E-state index in [1.54, 1.807) is 0 Å². The summed E-state index contributed by atoms with van der Waals surface area (Å²) in [6.07, 6.45) is 4.75. The van der Waals surface area contributed by atoms with Crippen molar-refractivity contribution in [2.75, 3.05) is 7.05 Å².